The van der Waals surface area contributed by atoms with Crippen LogP contribution in [0.4, 0.5) is 4.39 Å². The molecule has 1 rings (SSSR count). The van der Waals surface area contributed by atoms with Crippen molar-refractivity contribution < 1.29 is 13.9 Å². The number of carbonyl (C=O) groups excluding carboxylic acids is 1. The van der Waals surface area contributed by atoms with Crippen LogP contribution in [0, 0.1) is 5.82 Å². The number of ketones is 1. The van der Waals surface area contributed by atoms with Crippen molar-refractivity contribution >= 4 is 5.78 Å². The largest absolute Gasteiger partial charge is 0.489 e. The van der Waals surface area contributed by atoms with Crippen LogP contribution < -0.4 is 10.1 Å². The molecule has 0 radical (unpaired) electrons. The summed E-state index contributed by atoms with van der Waals surface area (Å²) < 4.78 is 19.1. The Morgan fingerprint density at radius 2 is 2.16 bits per heavy atom. The van der Waals surface area contributed by atoms with E-state index in [1.165, 1.54) is 19.1 Å². The number of nitrogens with one attached hydrogen (secondary N) is 1. The first-order valence-corrected chi connectivity index (χ1v) is 6.67. The number of ether oxygens (including phenoxy) is 1. The Balaban J connectivity index is 2.64. The first kappa shape index (κ1) is 15.6. The molecule has 1 aromatic carbocycles. The number of hydrogen-bond acceptors (Lipinski definition) is 3. The summed E-state index contributed by atoms with van der Waals surface area (Å²) >= 11 is 0. The van der Waals surface area contributed by atoms with Gasteiger partial charge in [-0.25, -0.2) is 4.39 Å². The Morgan fingerprint density at radius 1 is 1.42 bits per heavy atom. The highest BCUT2D eigenvalue weighted by molar-refractivity contribution is 5.75. The van der Waals surface area contributed by atoms with Gasteiger partial charge in [0.25, 0.3) is 0 Å². The summed E-state index contributed by atoms with van der Waals surface area (Å²) in [6.07, 6.45) is 0.948. The maximum atomic E-state index is 13.5. The normalized spacial score (nSPS) is 12.2. The fraction of sp³-hybridized carbons (Fsp3) is 0.533. The van der Waals surface area contributed by atoms with Crippen molar-refractivity contribution in [2.45, 2.75) is 39.7 Å². The van der Waals surface area contributed by atoms with E-state index in [2.05, 4.69) is 5.32 Å². The highest BCUT2D eigenvalue weighted by atomic mass is 19.1. The quantitative estimate of drug-likeness (QED) is 0.787. The lowest BCUT2D eigenvalue weighted by Gasteiger charge is -2.15. The van der Waals surface area contributed by atoms with Crippen LogP contribution in [0.1, 0.15) is 32.8 Å². The van der Waals surface area contributed by atoms with Crippen molar-refractivity contribution in [1.29, 1.82) is 0 Å². The first-order chi connectivity index (χ1) is 9.01. The van der Waals surface area contributed by atoms with Gasteiger partial charge in [-0.1, -0.05) is 6.92 Å². The third-order valence-electron chi connectivity index (χ3n) is 2.72. The smallest absolute Gasteiger partial charge is 0.130 e. The minimum atomic E-state index is -0.327. The van der Waals surface area contributed by atoms with Gasteiger partial charge in [-0.05, 0) is 44.5 Å². The fourth-order valence-electron chi connectivity index (χ4n) is 1.78. The standard InChI is InChI=1S/C15H22FNO2/c1-4-17-10-12(3)19-15-8-13(6-5-11(2)18)7-14(16)9-15/h7-9,12,17H,4-6,10H2,1-3H3/t12-/m0/s1. The molecule has 0 aliphatic rings. The molecular formula is C15H22FNO2. The van der Waals surface area contributed by atoms with E-state index in [0.717, 1.165) is 18.7 Å². The van der Waals surface area contributed by atoms with Crippen LogP contribution in [0.2, 0.25) is 0 Å². The summed E-state index contributed by atoms with van der Waals surface area (Å²) in [5.41, 5.74) is 0.792. The summed E-state index contributed by atoms with van der Waals surface area (Å²) in [5, 5.41) is 3.17. The van der Waals surface area contributed by atoms with Crippen LogP contribution in [-0.2, 0) is 11.2 Å². The summed E-state index contributed by atoms with van der Waals surface area (Å²) in [7, 11) is 0. The number of aryl methyl sites for hydroxylation is 1. The SMILES string of the molecule is CCNC[C@H](C)Oc1cc(F)cc(CCC(C)=O)c1. The topological polar surface area (TPSA) is 38.3 Å². The van der Waals surface area contributed by atoms with Gasteiger partial charge < -0.3 is 14.8 Å². The third kappa shape index (κ3) is 6.34. The molecule has 0 aromatic heterocycles. The molecule has 19 heavy (non-hydrogen) atoms. The number of benzene rings is 1. The second-order valence-electron chi connectivity index (χ2n) is 4.73. The Morgan fingerprint density at radius 3 is 2.79 bits per heavy atom. The van der Waals surface area contributed by atoms with Gasteiger partial charge in [0, 0.05) is 19.0 Å². The molecule has 0 aliphatic heterocycles. The van der Waals surface area contributed by atoms with Gasteiger partial charge in [0.15, 0.2) is 0 Å². The number of likely N-dealkylation sites (N-methyl/N-ethyl adjacent to an activating group) is 1. The van der Waals surface area contributed by atoms with Crippen molar-refractivity contribution in [3.05, 3.63) is 29.6 Å². The van der Waals surface area contributed by atoms with E-state index in [1.807, 2.05) is 13.8 Å². The lowest BCUT2D eigenvalue weighted by atomic mass is 10.1. The highest BCUT2D eigenvalue weighted by Gasteiger charge is 2.07. The molecule has 4 heteroatoms. The lowest BCUT2D eigenvalue weighted by molar-refractivity contribution is -0.116. The molecule has 0 bridgehead atoms. The molecule has 0 unspecified atom stereocenters. The number of hydrogen-bond donors (Lipinski definition) is 1. The average Bonchev–Trinajstić information content (AvgIpc) is 2.33. The molecule has 106 valence electrons. The second-order valence-corrected chi connectivity index (χ2v) is 4.73. The van der Waals surface area contributed by atoms with E-state index in [9.17, 15) is 9.18 Å². The molecule has 0 spiro atoms. The fourth-order valence-corrected chi connectivity index (χ4v) is 1.78. The first-order valence-electron chi connectivity index (χ1n) is 6.67. The van der Waals surface area contributed by atoms with E-state index < -0.39 is 0 Å². The molecule has 0 saturated heterocycles. The molecule has 0 heterocycles. The van der Waals surface area contributed by atoms with Gasteiger partial charge in [0.1, 0.15) is 23.5 Å². The van der Waals surface area contributed by atoms with Crippen molar-refractivity contribution in [3.8, 4) is 5.75 Å². The van der Waals surface area contributed by atoms with Gasteiger partial charge >= 0.3 is 0 Å². The maximum Gasteiger partial charge on any atom is 0.130 e. The molecule has 1 atom stereocenters. The van der Waals surface area contributed by atoms with Gasteiger partial charge in [-0.2, -0.15) is 0 Å². The zero-order valence-corrected chi connectivity index (χ0v) is 11.8. The van der Waals surface area contributed by atoms with Gasteiger partial charge in [0.05, 0.1) is 0 Å². The van der Waals surface area contributed by atoms with E-state index in [-0.39, 0.29) is 17.7 Å². The van der Waals surface area contributed by atoms with Gasteiger partial charge in [-0.15, -0.1) is 0 Å². The third-order valence-corrected chi connectivity index (χ3v) is 2.72. The zero-order valence-electron chi connectivity index (χ0n) is 11.8. The van der Waals surface area contributed by atoms with Crippen LogP contribution in [-0.4, -0.2) is 25.0 Å². The van der Waals surface area contributed by atoms with Gasteiger partial charge in [0.2, 0.25) is 0 Å². The van der Waals surface area contributed by atoms with E-state index in [1.54, 1.807) is 6.07 Å². The molecule has 0 fully saturated rings. The lowest BCUT2D eigenvalue weighted by Crippen LogP contribution is -2.28. The molecule has 3 nitrogen and oxygen atoms in total. The van der Waals surface area contributed by atoms with Crippen LogP contribution in [0.3, 0.4) is 0 Å². The van der Waals surface area contributed by atoms with Gasteiger partial charge in [-0.3, -0.25) is 0 Å². The Kier molecular flexibility index (Phi) is 6.50. The summed E-state index contributed by atoms with van der Waals surface area (Å²) in [5.74, 6) is 0.294. The highest BCUT2D eigenvalue weighted by Crippen LogP contribution is 2.19. The van der Waals surface area contributed by atoms with Crippen LogP contribution in [0.5, 0.6) is 5.75 Å². The minimum absolute atomic E-state index is 0.0255. The maximum absolute atomic E-state index is 13.5. The van der Waals surface area contributed by atoms with Crippen molar-refractivity contribution in [3.63, 3.8) is 0 Å². The summed E-state index contributed by atoms with van der Waals surface area (Å²) in [4.78, 5) is 10.9. The summed E-state index contributed by atoms with van der Waals surface area (Å²) in [6, 6.07) is 4.62. The summed E-state index contributed by atoms with van der Waals surface area (Å²) in [6.45, 7) is 7.09. The molecule has 0 amide bonds. The Bertz CT molecular complexity index is 421. The van der Waals surface area contributed by atoms with E-state index >= 15 is 0 Å². The number of rotatable bonds is 8. The number of Topliss-reactive ketones (excluding diaryl/α,β-unsaturated/α-hetero) is 1. The Hall–Kier alpha value is -1.42. The van der Waals surface area contributed by atoms with Crippen LogP contribution in [0.15, 0.2) is 18.2 Å². The van der Waals surface area contributed by atoms with Crippen molar-refractivity contribution in [2.75, 3.05) is 13.1 Å². The molecule has 0 saturated carbocycles. The van der Waals surface area contributed by atoms with Crippen molar-refractivity contribution in [1.82, 2.24) is 5.32 Å². The second kappa shape index (κ2) is 7.89. The number of carbonyl (C=O) groups is 1. The average molecular weight is 267 g/mol. The molecule has 0 aliphatic carbocycles. The van der Waals surface area contributed by atoms with Crippen molar-refractivity contribution in [2.24, 2.45) is 0 Å². The number of halogens is 1. The Labute approximate surface area is 114 Å². The monoisotopic (exact) mass is 267 g/mol. The predicted octanol–water partition coefficient (Wildman–Crippen LogP) is 2.72. The molecule has 1 N–H and O–H groups in total. The predicted molar refractivity (Wildman–Crippen MR) is 74.0 cm³/mol. The minimum Gasteiger partial charge on any atom is -0.489 e. The zero-order chi connectivity index (χ0) is 14.3. The van der Waals surface area contributed by atoms with Crippen LogP contribution >= 0.6 is 0 Å². The molecule has 1 aromatic rings. The molecular weight excluding hydrogens is 245 g/mol. The van der Waals surface area contributed by atoms with E-state index in [4.69, 9.17) is 4.74 Å². The van der Waals surface area contributed by atoms with Crippen LogP contribution in [0.25, 0.3) is 0 Å². The van der Waals surface area contributed by atoms with E-state index in [0.29, 0.717) is 18.6 Å².